The highest BCUT2D eigenvalue weighted by Gasteiger charge is 2.29. The van der Waals surface area contributed by atoms with Crippen molar-refractivity contribution < 1.29 is 38.0 Å². The van der Waals surface area contributed by atoms with Crippen molar-refractivity contribution in [2.45, 2.75) is 0 Å². The number of anilines is 2. The molecule has 0 aliphatic carbocycles. The van der Waals surface area contributed by atoms with Crippen molar-refractivity contribution in [1.29, 1.82) is 0 Å². The minimum Gasteiger partial charge on any atom is -0.493 e. The van der Waals surface area contributed by atoms with Crippen LogP contribution in [0.3, 0.4) is 0 Å². The topological polar surface area (TPSA) is 109 Å². The number of allylic oxidation sites excluding steroid dienone is 4. The molecule has 1 aliphatic heterocycles. The molecule has 2 aromatic carbocycles. The summed E-state index contributed by atoms with van der Waals surface area (Å²) < 4.78 is 32.3. The van der Waals surface area contributed by atoms with Crippen LogP contribution >= 0.6 is 0 Å². The summed E-state index contributed by atoms with van der Waals surface area (Å²) >= 11 is 0. The second-order valence-electron chi connectivity index (χ2n) is 9.68. The first-order valence-electron chi connectivity index (χ1n) is 14.3. The predicted molar refractivity (Wildman–Crippen MR) is 177 cm³/mol. The Bertz CT molecular complexity index is 1510. The number of hydrogen-bond donors (Lipinski definition) is 0. The SMILES string of the molecule is COc1cc(/C=C/C=C/C(=O)N2CCN(C(=O)/C=C/C=C/c3cc(OC)c(OC)c(OC)c3)c3ncccc32)cc(OC)c1OC. The van der Waals surface area contributed by atoms with Crippen molar-refractivity contribution in [1.82, 2.24) is 4.98 Å². The van der Waals surface area contributed by atoms with Gasteiger partial charge in [0.05, 0.1) is 48.3 Å². The minimum absolute atomic E-state index is 0.236. The Morgan fingerprint density at radius 3 is 1.50 bits per heavy atom. The monoisotopic (exact) mass is 627 g/mol. The van der Waals surface area contributed by atoms with Gasteiger partial charge < -0.3 is 33.3 Å². The molecule has 4 rings (SSSR count). The quantitative estimate of drug-likeness (QED) is 0.194. The van der Waals surface area contributed by atoms with Crippen molar-refractivity contribution in [3.05, 3.63) is 90.2 Å². The molecule has 0 atom stereocenters. The van der Waals surface area contributed by atoms with E-state index in [0.717, 1.165) is 11.1 Å². The highest BCUT2D eigenvalue weighted by atomic mass is 16.5. The zero-order chi connectivity index (χ0) is 33.1. The average Bonchev–Trinajstić information content (AvgIpc) is 3.09. The summed E-state index contributed by atoms with van der Waals surface area (Å²) in [5, 5.41) is 0. The molecule has 0 radical (unpaired) electrons. The van der Waals surface area contributed by atoms with Crippen LogP contribution in [0.2, 0.25) is 0 Å². The van der Waals surface area contributed by atoms with Gasteiger partial charge in [0.2, 0.25) is 11.5 Å². The molecule has 1 aromatic heterocycles. The van der Waals surface area contributed by atoms with Crippen LogP contribution in [0.15, 0.2) is 79.1 Å². The second kappa shape index (κ2) is 15.8. The Kier molecular flexibility index (Phi) is 11.4. The number of carbonyl (C=O) groups is 2. The van der Waals surface area contributed by atoms with Gasteiger partial charge in [0, 0.05) is 31.4 Å². The average molecular weight is 628 g/mol. The lowest BCUT2D eigenvalue weighted by molar-refractivity contribution is -0.116. The Balaban J connectivity index is 1.44. The van der Waals surface area contributed by atoms with E-state index in [1.165, 1.54) is 12.2 Å². The van der Waals surface area contributed by atoms with E-state index in [4.69, 9.17) is 28.4 Å². The van der Waals surface area contributed by atoms with Gasteiger partial charge in [0.15, 0.2) is 28.8 Å². The number of rotatable bonds is 12. The number of fused-ring (bicyclic) bond motifs is 1. The van der Waals surface area contributed by atoms with Gasteiger partial charge in [-0.1, -0.05) is 36.5 Å². The molecule has 1 aliphatic rings. The zero-order valence-electron chi connectivity index (χ0n) is 26.7. The molecule has 2 amide bonds. The van der Waals surface area contributed by atoms with Crippen molar-refractivity contribution in [2.24, 2.45) is 0 Å². The Morgan fingerprint density at radius 1 is 0.630 bits per heavy atom. The van der Waals surface area contributed by atoms with Gasteiger partial charge >= 0.3 is 0 Å². The number of amides is 2. The first-order valence-corrected chi connectivity index (χ1v) is 14.3. The number of carbonyl (C=O) groups excluding carboxylic acids is 2. The van der Waals surface area contributed by atoms with E-state index in [1.54, 1.807) is 95.1 Å². The minimum atomic E-state index is -0.259. The molecule has 11 heteroatoms. The summed E-state index contributed by atoms with van der Waals surface area (Å²) in [6.07, 6.45) is 15.0. The van der Waals surface area contributed by atoms with Crippen molar-refractivity contribution in [2.75, 3.05) is 65.5 Å². The number of aromatic nitrogens is 1. The molecule has 11 nitrogen and oxygen atoms in total. The van der Waals surface area contributed by atoms with Gasteiger partial charge in [-0.25, -0.2) is 4.98 Å². The zero-order valence-corrected chi connectivity index (χ0v) is 26.7. The first-order chi connectivity index (χ1) is 22.4. The molecular formula is C35H37N3O8. The predicted octanol–water partition coefficient (Wildman–Crippen LogP) is 5.35. The molecule has 3 aromatic rings. The molecule has 0 saturated heterocycles. The third-order valence-electron chi connectivity index (χ3n) is 7.04. The first kappa shape index (κ1) is 33.2. The van der Waals surface area contributed by atoms with Crippen LogP contribution < -0.4 is 38.2 Å². The molecule has 240 valence electrons. The van der Waals surface area contributed by atoms with E-state index in [9.17, 15) is 9.59 Å². The van der Waals surface area contributed by atoms with Crippen LogP contribution in [0, 0.1) is 0 Å². The maximum Gasteiger partial charge on any atom is 0.252 e. The number of pyridine rings is 1. The summed E-state index contributed by atoms with van der Waals surface area (Å²) in [6.45, 7) is 0.587. The van der Waals surface area contributed by atoms with E-state index in [0.29, 0.717) is 52.5 Å². The Hall–Kier alpha value is -5.71. The molecular weight excluding hydrogens is 590 g/mol. The van der Waals surface area contributed by atoms with Gasteiger partial charge in [0.1, 0.15) is 0 Å². The third kappa shape index (κ3) is 7.49. The molecule has 2 heterocycles. The van der Waals surface area contributed by atoms with Crippen LogP contribution in [0.1, 0.15) is 11.1 Å². The molecule has 46 heavy (non-hydrogen) atoms. The van der Waals surface area contributed by atoms with Crippen LogP contribution in [-0.2, 0) is 9.59 Å². The number of methoxy groups -OCH3 is 6. The normalized spacial score (nSPS) is 13.0. The fourth-order valence-corrected chi connectivity index (χ4v) is 4.86. The van der Waals surface area contributed by atoms with Gasteiger partial charge in [-0.3, -0.25) is 14.5 Å². The molecule has 0 unspecified atom stereocenters. The molecule has 0 fully saturated rings. The van der Waals surface area contributed by atoms with Crippen molar-refractivity contribution >= 4 is 35.5 Å². The summed E-state index contributed by atoms with van der Waals surface area (Å²) in [5.74, 6) is 3.03. The van der Waals surface area contributed by atoms with Crippen LogP contribution in [0.4, 0.5) is 11.5 Å². The highest BCUT2D eigenvalue weighted by molar-refractivity contribution is 6.09. The second-order valence-corrected chi connectivity index (χ2v) is 9.68. The van der Waals surface area contributed by atoms with Gasteiger partial charge in [-0.05, 0) is 47.5 Å². The van der Waals surface area contributed by atoms with Crippen molar-refractivity contribution in [3.63, 3.8) is 0 Å². The largest absolute Gasteiger partial charge is 0.493 e. The van der Waals surface area contributed by atoms with E-state index < -0.39 is 0 Å². The fourth-order valence-electron chi connectivity index (χ4n) is 4.86. The Labute approximate surface area is 268 Å². The number of nitrogens with zero attached hydrogens (tertiary/aromatic N) is 3. The standard InChI is InChI=1S/C35H37N3O8/c1-41-27-20-24(21-28(42-2)33(27)45-5)12-7-9-15-31(39)37-18-19-38(35-26(37)14-11-17-36-35)32(40)16-10-8-13-25-22-29(43-3)34(46-6)30(23-25)44-4/h7-17,20-23H,18-19H2,1-6H3/b12-7+,13-8+,15-9+,16-10+. The van der Waals surface area contributed by atoms with Gasteiger partial charge in [-0.2, -0.15) is 0 Å². The van der Waals surface area contributed by atoms with E-state index in [2.05, 4.69) is 4.98 Å². The molecule has 0 bridgehead atoms. The molecule has 0 N–H and O–H groups in total. The highest BCUT2D eigenvalue weighted by Crippen LogP contribution is 2.39. The summed E-state index contributed by atoms with van der Waals surface area (Å²) in [5.41, 5.74) is 2.16. The lowest BCUT2D eigenvalue weighted by atomic mass is 10.1. The van der Waals surface area contributed by atoms with Crippen LogP contribution in [0.25, 0.3) is 12.2 Å². The number of benzene rings is 2. The van der Waals surface area contributed by atoms with Gasteiger partial charge in [0.25, 0.3) is 11.8 Å². The van der Waals surface area contributed by atoms with Crippen LogP contribution in [-0.4, -0.2) is 72.5 Å². The van der Waals surface area contributed by atoms with Gasteiger partial charge in [-0.15, -0.1) is 0 Å². The van der Waals surface area contributed by atoms with E-state index >= 15 is 0 Å². The molecule has 0 spiro atoms. The van der Waals surface area contributed by atoms with Crippen LogP contribution in [0.5, 0.6) is 34.5 Å². The fraction of sp³-hybridized carbons (Fsp3) is 0.229. The van der Waals surface area contributed by atoms with E-state index in [-0.39, 0.29) is 18.4 Å². The number of ether oxygens (including phenoxy) is 6. The van der Waals surface area contributed by atoms with E-state index in [1.807, 2.05) is 36.4 Å². The lowest BCUT2D eigenvalue weighted by Gasteiger charge is -2.34. The smallest absolute Gasteiger partial charge is 0.252 e. The summed E-state index contributed by atoms with van der Waals surface area (Å²) in [6, 6.07) is 10.7. The van der Waals surface area contributed by atoms with Crippen molar-refractivity contribution in [3.8, 4) is 34.5 Å². The third-order valence-corrected chi connectivity index (χ3v) is 7.04. The Morgan fingerprint density at radius 2 is 1.07 bits per heavy atom. The summed E-state index contributed by atoms with van der Waals surface area (Å²) in [7, 11) is 9.30. The lowest BCUT2D eigenvalue weighted by Crippen LogP contribution is -2.46. The summed E-state index contributed by atoms with van der Waals surface area (Å²) in [4.78, 5) is 33.9. The number of hydrogen-bond acceptors (Lipinski definition) is 9. The maximum absolute atomic E-state index is 13.2. The maximum atomic E-state index is 13.2. The molecule has 0 saturated carbocycles.